The third-order valence-electron chi connectivity index (χ3n) is 5.93. The first kappa shape index (κ1) is 25.9. The molecule has 0 radical (unpaired) electrons. The van der Waals surface area contributed by atoms with E-state index in [0.717, 1.165) is 6.42 Å². The van der Waals surface area contributed by atoms with E-state index in [0.29, 0.717) is 24.1 Å². The number of aryl methyl sites for hydroxylation is 1. The van der Waals surface area contributed by atoms with Crippen LogP contribution in [0.1, 0.15) is 42.6 Å². The fourth-order valence-electron chi connectivity index (χ4n) is 4.00. The van der Waals surface area contributed by atoms with E-state index < -0.39 is 35.1 Å². The predicted molar refractivity (Wildman–Crippen MR) is 129 cm³/mol. The van der Waals surface area contributed by atoms with Crippen LogP contribution in [0.4, 0.5) is 23.2 Å². The van der Waals surface area contributed by atoms with E-state index in [1.807, 2.05) is 6.92 Å². The first-order valence-electron chi connectivity index (χ1n) is 11.5. The Hall–Kier alpha value is -4.22. The second kappa shape index (κ2) is 10.4. The smallest absolute Gasteiger partial charge is 0.336 e. The molecule has 8 nitrogen and oxygen atoms in total. The summed E-state index contributed by atoms with van der Waals surface area (Å²) in [4.78, 5) is 46.0. The lowest BCUT2D eigenvalue weighted by molar-refractivity contribution is -0.167. The number of carbonyl (C=O) groups excluding carboxylic acids is 1. The molecule has 0 fully saturated rings. The summed E-state index contributed by atoms with van der Waals surface area (Å²) in [6, 6.07) is 11.6. The minimum atomic E-state index is -5.04. The maximum absolute atomic E-state index is 14.5. The van der Waals surface area contributed by atoms with Gasteiger partial charge in [0.1, 0.15) is 17.2 Å². The molecule has 12 heteroatoms. The zero-order chi connectivity index (χ0) is 26.7. The average Bonchev–Trinajstić information content (AvgIpc) is 3.29. The molecule has 2 heterocycles. The fourth-order valence-corrected chi connectivity index (χ4v) is 4.00. The van der Waals surface area contributed by atoms with Gasteiger partial charge in [0.05, 0.1) is 0 Å². The summed E-state index contributed by atoms with van der Waals surface area (Å²) in [5.41, 5.74) is -0.208. The zero-order valence-corrected chi connectivity index (χ0v) is 19.7. The monoisotopic (exact) mass is 517 g/mol. The van der Waals surface area contributed by atoms with Gasteiger partial charge in [-0.1, -0.05) is 43.7 Å². The Bertz CT molecular complexity index is 1540. The number of hydrogen-bond acceptors (Lipinski definition) is 4. The van der Waals surface area contributed by atoms with Gasteiger partial charge in [-0.15, -0.1) is 0 Å². The summed E-state index contributed by atoms with van der Waals surface area (Å²) in [6.45, 7) is 2.29. The van der Waals surface area contributed by atoms with Crippen molar-refractivity contribution in [2.45, 2.75) is 44.8 Å². The highest BCUT2D eigenvalue weighted by atomic mass is 19.4. The van der Waals surface area contributed by atoms with E-state index in [1.54, 1.807) is 23.5 Å². The van der Waals surface area contributed by atoms with Gasteiger partial charge in [0.15, 0.2) is 5.65 Å². The lowest BCUT2D eigenvalue weighted by atomic mass is 9.91. The van der Waals surface area contributed by atoms with Crippen molar-refractivity contribution < 1.29 is 22.4 Å². The number of aromatic amines is 2. The Morgan fingerprint density at radius 3 is 2.43 bits per heavy atom. The van der Waals surface area contributed by atoms with Gasteiger partial charge < -0.3 is 10.3 Å². The number of anilines is 1. The minimum absolute atomic E-state index is 0.0785. The molecule has 3 N–H and O–H groups in total. The summed E-state index contributed by atoms with van der Waals surface area (Å²) in [5.74, 6) is -2.96. The Morgan fingerprint density at radius 1 is 1.08 bits per heavy atom. The summed E-state index contributed by atoms with van der Waals surface area (Å²) in [6.07, 6.45) is -3.47. The topological polar surface area (TPSA) is 113 Å². The molecule has 37 heavy (non-hydrogen) atoms. The van der Waals surface area contributed by atoms with E-state index in [1.165, 1.54) is 34.9 Å². The van der Waals surface area contributed by atoms with Crippen molar-refractivity contribution in [3.63, 3.8) is 0 Å². The molecule has 4 rings (SSSR count). The third-order valence-corrected chi connectivity index (χ3v) is 5.93. The van der Waals surface area contributed by atoms with Gasteiger partial charge in [0.2, 0.25) is 0 Å². The first-order chi connectivity index (χ1) is 17.6. The second-order valence-corrected chi connectivity index (χ2v) is 8.51. The number of aromatic nitrogens is 4. The Labute approximate surface area is 207 Å². The van der Waals surface area contributed by atoms with Crippen molar-refractivity contribution in [2.75, 3.05) is 5.32 Å². The molecule has 0 aliphatic rings. The number of unbranched alkanes of at least 4 members (excludes halogenated alkanes) is 1. The molecule has 4 aromatic rings. The molecule has 1 unspecified atom stereocenters. The Kier molecular flexibility index (Phi) is 7.28. The van der Waals surface area contributed by atoms with Gasteiger partial charge in [0, 0.05) is 18.2 Å². The van der Waals surface area contributed by atoms with Crippen LogP contribution in [0.25, 0.3) is 11.2 Å². The largest absolute Gasteiger partial charge is 0.471 e. The summed E-state index contributed by atoms with van der Waals surface area (Å²) in [7, 11) is 0. The van der Waals surface area contributed by atoms with Gasteiger partial charge in [0.25, 0.3) is 5.56 Å². The summed E-state index contributed by atoms with van der Waals surface area (Å²) >= 11 is 0. The molecular formula is C25H23F4N5O3. The van der Waals surface area contributed by atoms with E-state index in [2.05, 4.69) is 15.0 Å². The highest BCUT2D eigenvalue weighted by Gasteiger charge is 2.38. The van der Waals surface area contributed by atoms with Crippen LogP contribution in [-0.2, 0) is 17.8 Å². The van der Waals surface area contributed by atoms with Gasteiger partial charge in [-0.05, 0) is 42.2 Å². The van der Waals surface area contributed by atoms with E-state index in [4.69, 9.17) is 0 Å². The molecule has 0 saturated heterocycles. The minimum Gasteiger partial charge on any atom is -0.336 e. The van der Waals surface area contributed by atoms with E-state index in [9.17, 15) is 31.9 Å². The highest BCUT2D eigenvalue weighted by molar-refractivity contribution is 5.94. The predicted octanol–water partition coefficient (Wildman–Crippen LogP) is 4.23. The number of H-pyrrole nitrogens is 2. The van der Waals surface area contributed by atoms with Gasteiger partial charge in [-0.25, -0.2) is 14.2 Å². The number of nitrogens with zero attached hydrogens (tertiary/aromatic N) is 2. The van der Waals surface area contributed by atoms with Crippen molar-refractivity contribution in [1.82, 2.24) is 19.5 Å². The molecule has 0 aliphatic heterocycles. The summed E-state index contributed by atoms with van der Waals surface area (Å²) in [5, 5.41) is 1.78. The SMILES string of the molecule is CCCCn1c(=O)[nH]c(=O)c2[nH]c(C(Cc3ccccc3F)c3ccc(NC(=O)C(F)(F)F)cc3)nc21. The number of carbonyl (C=O) groups is 1. The van der Waals surface area contributed by atoms with E-state index >= 15 is 0 Å². The lowest BCUT2D eigenvalue weighted by Crippen LogP contribution is -2.30. The molecule has 0 saturated carbocycles. The van der Waals surface area contributed by atoms with Crippen LogP contribution >= 0.6 is 0 Å². The second-order valence-electron chi connectivity index (χ2n) is 8.51. The van der Waals surface area contributed by atoms with Crippen molar-refractivity contribution in [1.29, 1.82) is 0 Å². The Morgan fingerprint density at radius 2 is 1.78 bits per heavy atom. The van der Waals surface area contributed by atoms with Crippen molar-refractivity contribution in [3.05, 3.63) is 92.1 Å². The third kappa shape index (κ3) is 5.63. The Balaban J connectivity index is 1.79. The molecule has 1 amide bonds. The number of fused-ring (bicyclic) bond motifs is 1. The number of halogens is 4. The first-order valence-corrected chi connectivity index (χ1v) is 11.5. The molecule has 2 aromatic heterocycles. The number of rotatable bonds is 8. The highest BCUT2D eigenvalue weighted by Crippen LogP contribution is 2.30. The van der Waals surface area contributed by atoms with Gasteiger partial charge in [-0.3, -0.25) is 19.1 Å². The number of alkyl halides is 3. The number of benzene rings is 2. The van der Waals surface area contributed by atoms with Crippen LogP contribution < -0.4 is 16.6 Å². The van der Waals surface area contributed by atoms with Crippen molar-refractivity contribution >= 4 is 22.8 Å². The maximum atomic E-state index is 14.5. The van der Waals surface area contributed by atoms with Gasteiger partial charge in [-0.2, -0.15) is 13.2 Å². The molecule has 194 valence electrons. The molecular weight excluding hydrogens is 494 g/mol. The van der Waals surface area contributed by atoms with Crippen molar-refractivity contribution in [2.24, 2.45) is 0 Å². The number of hydrogen-bond donors (Lipinski definition) is 3. The average molecular weight is 517 g/mol. The fraction of sp³-hybridized carbons (Fsp3) is 0.280. The molecule has 1 atom stereocenters. The van der Waals surface area contributed by atoms with Crippen LogP contribution in [-0.4, -0.2) is 31.6 Å². The standard InChI is InChI=1S/C25H23F4N5O3/c1-2-3-12-34-21-19(22(35)33-24(34)37)31-20(32-21)17(13-15-6-4-5-7-18(15)26)14-8-10-16(11-9-14)30-23(36)25(27,28)29/h4-11,17H,2-3,12-13H2,1H3,(H,30,36)(H,31,32)(H,33,35,37). The molecule has 0 aliphatic carbocycles. The number of imidazole rings is 1. The van der Waals surface area contributed by atoms with Crippen LogP contribution in [0.15, 0.2) is 58.1 Å². The lowest BCUT2D eigenvalue weighted by Gasteiger charge is -2.17. The van der Waals surface area contributed by atoms with E-state index in [-0.39, 0.29) is 29.1 Å². The van der Waals surface area contributed by atoms with Crippen LogP contribution in [0.3, 0.4) is 0 Å². The number of nitrogens with one attached hydrogen (secondary N) is 3. The number of amides is 1. The zero-order valence-electron chi connectivity index (χ0n) is 19.7. The van der Waals surface area contributed by atoms with Crippen LogP contribution in [0, 0.1) is 5.82 Å². The van der Waals surface area contributed by atoms with Crippen molar-refractivity contribution in [3.8, 4) is 0 Å². The summed E-state index contributed by atoms with van der Waals surface area (Å²) < 4.78 is 53.7. The molecule has 0 spiro atoms. The quantitative estimate of drug-likeness (QED) is 0.304. The van der Waals surface area contributed by atoms with Gasteiger partial charge >= 0.3 is 17.8 Å². The van der Waals surface area contributed by atoms with Crippen LogP contribution in [0.2, 0.25) is 0 Å². The molecule has 0 bridgehead atoms. The normalized spacial score (nSPS) is 12.6. The van der Waals surface area contributed by atoms with Crippen LogP contribution in [0.5, 0.6) is 0 Å². The molecule has 2 aromatic carbocycles. The maximum Gasteiger partial charge on any atom is 0.471 e.